The number of rotatable bonds is 5. The summed E-state index contributed by atoms with van der Waals surface area (Å²) in [5.41, 5.74) is 5.52. The first kappa shape index (κ1) is 15.5. The summed E-state index contributed by atoms with van der Waals surface area (Å²) in [5, 5.41) is 8.70. The predicted molar refractivity (Wildman–Crippen MR) is 59.8 cm³/mol. The topological polar surface area (TPSA) is 63.3 Å². The maximum Gasteiger partial charge on any atom is 0.321 e. The molecular weight excluding hydrogens is 210 g/mol. The fourth-order valence-electron chi connectivity index (χ4n) is 1.21. The van der Waals surface area contributed by atoms with Crippen molar-refractivity contribution in [2.45, 2.75) is 43.9 Å². The maximum absolute atomic E-state index is 10.6. The number of thiol groups is 1. The van der Waals surface area contributed by atoms with Crippen LogP contribution in [0, 0.1) is 0 Å². The van der Waals surface area contributed by atoms with Crippen molar-refractivity contribution in [2.24, 2.45) is 5.73 Å². The molecule has 0 radical (unpaired) electrons. The van der Waals surface area contributed by atoms with E-state index in [2.05, 4.69) is 12.6 Å². The molecule has 80 valence electrons. The van der Waals surface area contributed by atoms with Gasteiger partial charge in [0.25, 0.3) is 0 Å². The van der Waals surface area contributed by atoms with Gasteiger partial charge in [0.15, 0.2) is 0 Å². The minimum absolute atomic E-state index is 0. The molecule has 0 rings (SSSR count). The van der Waals surface area contributed by atoms with Gasteiger partial charge in [-0.2, -0.15) is 12.6 Å². The number of nitrogens with two attached hydrogens (primary N) is 1. The number of aliphatic carboxylic acids is 1. The van der Waals surface area contributed by atoms with E-state index in [1.165, 1.54) is 0 Å². The Bertz CT molecular complexity index is 168. The Hall–Kier alpha value is 0.0700. The zero-order valence-corrected chi connectivity index (χ0v) is 9.70. The normalized spacial score (nSPS) is 16.9. The van der Waals surface area contributed by atoms with E-state index < -0.39 is 16.8 Å². The lowest BCUT2D eigenvalue weighted by molar-refractivity contribution is -0.139. The van der Waals surface area contributed by atoms with Crippen LogP contribution >= 0.6 is 25.0 Å². The molecule has 0 heterocycles. The SMILES string of the molecule is CCCC(S)(CC)C(N)C(=O)O.Cl. The molecule has 0 bridgehead atoms. The lowest BCUT2D eigenvalue weighted by atomic mass is 9.91. The molecule has 3 N–H and O–H groups in total. The fourth-order valence-corrected chi connectivity index (χ4v) is 1.55. The second kappa shape index (κ2) is 6.51. The Morgan fingerprint density at radius 3 is 2.31 bits per heavy atom. The second-order valence-electron chi connectivity index (χ2n) is 3.02. The maximum atomic E-state index is 10.6. The predicted octanol–water partition coefficient (Wildman–Crippen LogP) is 1.70. The first-order valence-corrected chi connectivity index (χ1v) is 4.63. The van der Waals surface area contributed by atoms with Gasteiger partial charge in [0.2, 0.25) is 0 Å². The molecule has 0 aromatic carbocycles. The van der Waals surface area contributed by atoms with Gasteiger partial charge in [-0.1, -0.05) is 20.3 Å². The summed E-state index contributed by atoms with van der Waals surface area (Å²) in [4.78, 5) is 10.6. The van der Waals surface area contributed by atoms with Crippen molar-refractivity contribution in [2.75, 3.05) is 0 Å². The van der Waals surface area contributed by atoms with E-state index in [-0.39, 0.29) is 12.4 Å². The van der Waals surface area contributed by atoms with E-state index in [0.29, 0.717) is 6.42 Å². The molecule has 0 aromatic heterocycles. The van der Waals surface area contributed by atoms with Gasteiger partial charge < -0.3 is 10.8 Å². The van der Waals surface area contributed by atoms with Crippen LogP contribution in [-0.2, 0) is 4.79 Å². The molecule has 0 saturated carbocycles. The van der Waals surface area contributed by atoms with Gasteiger partial charge in [-0.15, -0.1) is 12.4 Å². The van der Waals surface area contributed by atoms with Crippen LogP contribution in [0.1, 0.15) is 33.1 Å². The summed E-state index contributed by atoms with van der Waals surface area (Å²) in [5.74, 6) is -0.972. The molecule has 2 atom stereocenters. The molecule has 0 amide bonds. The second-order valence-corrected chi connectivity index (χ2v) is 3.91. The van der Waals surface area contributed by atoms with E-state index in [1.807, 2.05) is 13.8 Å². The van der Waals surface area contributed by atoms with E-state index in [9.17, 15) is 4.79 Å². The van der Waals surface area contributed by atoms with Gasteiger partial charge in [0.05, 0.1) is 0 Å². The molecule has 0 aliphatic rings. The van der Waals surface area contributed by atoms with E-state index in [4.69, 9.17) is 10.8 Å². The molecule has 0 saturated heterocycles. The Morgan fingerprint density at radius 1 is 1.62 bits per heavy atom. The van der Waals surface area contributed by atoms with Crippen molar-refractivity contribution >= 4 is 31.0 Å². The van der Waals surface area contributed by atoms with Gasteiger partial charge in [-0.05, 0) is 12.8 Å². The van der Waals surface area contributed by atoms with Crippen LogP contribution in [0.25, 0.3) is 0 Å². The van der Waals surface area contributed by atoms with Crippen molar-refractivity contribution in [3.63, 3.8) is 0 Å². The Kier molecular flexibility index (Phi) is 7.78. The summed E-state index contributed by atoms with van der Waals surface area (Å²) in [6.07, 6.45) is 2.32. The number of hydrogen-bond acceptors (Lipinski definition) is 3. The molecule has 2 unspecified atom stereocenters. The summed E-state index contributed by atoms with van der Waals surface area (Å²) >= 11 is 4.33. The van der Waals surface area contributed by atoms with Crippen molar-refractivity contribution < 1.29 is 9.90 Å². The van der Waals surface area contributed by atoms with E-state index >= 15 is 0 Å². The van der Waals surface area contributed by atoms with Crippen LogP contribution < -0.4 is 5.73 Å². The van der Waals surface area contributed by atoms with Crippen LogP contribution in [0.15, 0.2) is 0 Å². The average Bonchev–Trinajstić information content (AvgIpc) is 2.03. The lowest BCUT2D eigenvalue weighted by Gasteiger charge is -2.30. The monoisotopic (exact) mass is 227 g/mol. The molecule has 0 spiro atoms. The van der Waals surface area contributed by atoms with Gasteiger partial charge in [0, 0.05) is 4.75 Å². The highest BCUT2D eigenvalue weighted by Crippen LogP contribution is 2.28. The lowest BCUT2D eigenvalue weighted by Crippen LogP contribution is -2.48. The van der Waals surface area contributed by atoms with E-state index in [0.717, 1.165) is 12.8 Å². The minimum Gasteiger partial charge on any atom is -0.480 e. The number of carboxylic acids is 1. The largest absolute Gasteiger partial charge is 0.480 e. The van der Waals surface area contributed by atoms with Gasteiger partial charge in [0.1, 0.15) is 6.04 Å². The number of halogens is 1. The quantitative estimate of drug-likeness (QED) is 0.627. The third-order valence-electron chi connectivity index (χ3n) is 2.14. The van der Waals surface area contributed by atoms with Crippen LogP contribution in [0.3, 0.4) is 0 Å². The van der Waals surface area contributed by atoms with Gasteiger partial charge >= 0.3 is 5.97 Å². The summed E-state index contributed by atoms with van der Waals surface area (Å²) in [6.45, 7) is 3.90. The smallest absolute Gasteiger partial charge is 0.321 e. The van der Waals surface area contributed by atoms with Crippen molar-refractivity contribution in [1.82, 2.24) is 0 Å². The standard InChI is InChI=1S/C8H17NO2S.ClH/c1-3-5-8(12,4-2)6(9)7(10)11;/h6,12H,3-5,9H2,1-2H3,(H,10,11);1H. The zero-order chi connectivity index (χ0) is 9.78. The van der Waals surface area contributed by atoms with Gasteiger partial charge in [-0.25, -0.2) is 0 Å². The van der Waals surface area contributed by atoms with Crippen molar-refractivity contribution in [3.05, 3.63) is 0 Å². The zero-order valence-electron chi connectivity index (χ0n) is 7.99. The van der Waals surface area contributed by atoms with Crippen LogP contribution in [0.5, 0.6) is 0 Å². The minimum atomic E-state index is -0.972. The highest BCUT2D eigenvalue weighted by atomic mass is 35.5. The first-order valence-electron chi connectivity index (χ1n) is 4.18. The molecule has 5 heteroatoms. The molecule has 0 aromatic rings. The third-order valence-corrected chi connectivity index (χ3v) is 2.96. The van der Waals surface area contributed by atoms with Crippen molar-refractivity contribution in [3.8, 4) is 0 Å². The molecule has 0 fully saturated rings. The van der Waals surface area contributed by atoms with Crippen LogP contribution in [0.4, 0.5) is 0 Å². The van der Waals surface area contributed by atoms with Crippen molar-refractivity contribution in [1.29, 1.82) is 0 Å². The van der Waals surface area contributed by atoms with E-state index in [1.54, 1.807) is 0 Å². The Labute approximate surface area is 90.9 Å². The molecule has 3 nitrogen and oxygen atoms in total. The highest BCUT2D eigenvalue weighted by Gasteiger charge is 2.34. The Morgan fingerprint density at radius 2 is 2.08 bits per heavy atom. The number of hydrogen-bond donors (Lipinski definition) is 3. The highest BCUT2D eigenvalue weighted by molar-refractivity contribution is 7.82. The molecular formula is C8H18ClNO2S. The average molecular weight is 228 g/mol. The summed E-state index contributed by atoms with van der Waals surface area (Å²) in [6, 6.07) is -0.870. The van der Waals surface area contributed by atoms with Gasteiger partial charge in [-0.3, -0.25) is 4.79 Å². The molecule has 13 heavy (non-hydrogen) atoms. The first-order chi connectivity index (χ1) is 5.48. The summed E-state index contributed by atoms with van der Waals surface area (Å²) < 4.78 is -0.555. The number of carbonyl (C=O) groups is 1. The third kappa shape index (κ3) is 4.20. The number of carboxylic acid groups (broad SMARTS) is 1. The van der Waals surface area contributed by atoms with Crippen LogP contribution in [-0.4, -0.2) is 21.9 Å². The fraction of sp³-hybridized carbons (Fsp3) is 0.875. The molecule has 0 aliphatic carbocycles. The summed E-state index contributed by atoms with van der Waals surface area (Å²) in [7, 11) is 0. The molecule has 0 aliphatic heterocycles. The Balaban J connectivity index is 0. The van der Waals surface area contributed by atoms with Crippen LogP contribution in [0.2, 0.25) is 0 Å².